The number of benzene rings is 1. The highest BCUT2D eigenvalue weighted by molar-refractivity contribution is 5.94. The van der Waals surface area contributed by atoms with Gasteiger partial charge in [-0.3, -0.25) is 4.79 Å². The van der Waals surface area contributed by atoms with E-state index in [9.17, 15) is 18.0 Å². The summed E-state index contributed by atoms with van der Waals surface area (Å²) in [7, 11) is 0. The van der Waals surface area contributed by atoms with Crippen molar-refractivity contribution in [2.45, 2.75) is 32.4 Å². The van der Waals surface area contributed by atoms with Crippen LogP contribution in [0.25, 0.3) is 0 Å². The van der Waals surface area contributed by atoms with Gasteiger partial charge in [0.15, 0.2) is 0 Å². The highest BCUT2D eigenvalue weighted by atomic mass is 35.5. The van der Waals surface area contributed by atoms with E-state index in [2.05, 4.69) is 16.0 Å². The lowest BCUT2D eigenvalue weighted by Crippen LogP contribution is -2.34. The zero-order chi connectivity index (χ0) is 17.6. The molecule has 26 heavy (non-hydrogen) atoms. The van der Waals surface area contributed by atoms with Crippen molar-refractivity contribution < 1.29 is 18.0 Å². The fraction of sp³-hybridized carbons (Fsp3) is 0.588. The minimum atomic E-state index is -4.31. The molecule has 0 aliphatic carbocycles. The summed E-state index contributed by atoms with van der Waals surface area (Å²) in [5, 5.41) is 8.38. The lowest BCUT2D eigenvalue weighted by Gasteiger charge is -2.28. The Kier molecular flexibility index (Phi) is 11.0. The van der Waals surface area contributed by atoms with Crippen molar-refractivity contribution in [1.29, 1.82) is 0 Å². The fourth-order valence-corrected chi connectivity index (χ4v) is 2.97. The Morgan fingerprint density at radius 1 is 1.27 bits per heavy atom. The Hall–Kier alpha value is -1.18. The quantitative estimate of drug-likeness (QED) is 0.642. The zero-order valence-electron chi connectivity index (χ0n) is 14.6. The Bertz CT molecular complexity index is 552. The molecule has 0 bridgehead atoms. The van der Waals surface area contributed by atoms with Crippen LogP contribution in [0.4, 0.5) is 24.5 Å². The maximum absolute atomic E-state index is 12.4. The fourth-order valence-electron chi connectivity index (χ4n) is 2.97. The minimum absolute atomic E-state index is 0. The molecule has 1 heterocycles. The van der Waals surface area contributed by atoms with E-state index in [-0.39, 0.29) is 42.3 Å². The number of carbonyl (C=O) groups excluding carboxylic acids is 1. The number of nitrogens with one attached hydrogen (secondary N) is 3. The number of amides is 1. The zero-order valence-corrected chi connectivity index (χ0v) is 16.2. The van der Waals surface area contributed by atoms with Crippen molar-refractivity contribution >= 4 is 42.1 Å². The molecular formula is C17H26Cl2F3N3O. The summed E-state index contributed by atoms with van der Waals surface area (Å²) in [6.45, 7) is 2.85. The predicted octanol–water partition coefficient (Wildman–Crippen LogP) is 4.47. The van der Waals surface area contributed by atoms with Crippen LogP contribution in [0.15, 0.2) is 24.3 Å². The van der Waals surface area contributed by atoms with Gasteiger partial charge >= 0.3 is 6.18 Å². The Labute approximate surface area is 164 Å². The first kappa shape index (κ1) is 24.8. The number of para-hydroxylation sites is 2. The SMILES string of the molecule is CC(CC(=O)Nc1ccccc1NCC(F)(F)F)C1CCCNC1.Cl.Cl. The van der Waals surface area contributed by atoms with Gasteiger partial charge in [0.2, 0.25) is 5.91 Å². The van der Waals surface area contributed by atoms with Crippen LogP contribution in [0.3, 0.4) is 0 Å². The van der Waals surface area contributed by atoms with E-state index in [1.54, 1.807) is 18.2 Å². The highest BCUT2D eigenvalue weighted by Gasteiger charge is 2.27. The number of carbonyl (C=O) groups is 1. The maximum atomic E-state index is 12.4. The molecule has 1 aromatic carbocycles. The molecule has 1 amide bonds. The molecule has 0 saturated carbocycles. The van der Waals surface area contributed by atoms with Gasteiger partial charge < -0.3 is 16.0 Å². The molecule has 3 N–H and O–H groups in total. The predicted molar refractivity (Wildman–Crippen MR) is 103 cm³/mol. The van der Waals surface area contributed by atoms with E-state index in [4.69, 9.17) is 0 Å². The molecule has 1 fully saturated rings. The minimum Gasteiger partial charge on any atom is -0.375 e. The third-order valence-electron chi connectivity index (χ3n) is 4.33. The normalized spacial score (nSPS) is 18.1. The molecule has 1 aliphatic heterocycles. The number of hydrogen-bond acceptors (Lipinski definition) is 3. The van der Waals surface area contributed by atoms with Crippen molar-refractivity contribution in [2.75, 3.05) is 30.3 Å². The van der Waals surface area contributed by atoms with Crippen molar-refractivity contribution in [2.24, 2.45) is 11.8 Å². The first-order valence-electron chi connectivity index (χ1n) is 8.25. The van der Waals surface area contributed by atoms with Gasteiger partial charge in [0.05, 0.1) is 11.4 Å². The maximum Gasteiger partial charge on any atom is 0.405 e. The summed E-state index contributed by atoms with van der Waals surface area (Å²) in [6, 6.07) is 6.44. The first-order valence-corrected chi connectivity index (χ1v) is 8.25. The molecule has 2 rings (SSSR count). The molecule has 1 aromatic rings. The first-order chi connectivity index (χ1) is 11.3. The molecule has 9 heteroatoms. The van der Waals surface area contributed by atoms with Crippen LogP contribution in [0, 0.1) is 11.8 Å². The summed E-state index contributed by atoms with van der Waals surface area (Å²) in [6.07, 6.45) is -1.73. The van der Waals surface area contributed by atoms with Crippen molar-refractivity contribution in [3.05, 3.63) is 24.3 Å². The second kappa shape index (κ2) is 11.5. The number of anilines is 2. The van der Waals surface area contributed by atoms with Crippen LogP contribution in [-0.2, 0) is 4.79 Å². The number of alkyl halides is 3. The van der Waals surface area contributed by atoms with Crippen LogP contribution >= 0.6 is 24.8 Å². The number of hydrogen-bond donors (Lipinski definition) is 3. The molecule has 1 aliphatic rings. The second-order valence-corrected chi connectivity index (χ2v) is 6.35. The van der Waals surface area contributed by atoms with Crippen LogP contribution in [0.5, 0.6) is 0 Å². The summed E-state index contributed by atoms with van der Waals surface area (Å²) < 4.78 is 37.1. The van der Waals surface area contributed by atoms with Crippen LogP contribution in [0.1, 0.15) is 26.2 Å². The van der Waals surface area contributed by atoms with Gasteiger partial charge in [0.25, 0.3) is 0 Å². The van der Waals surface area contributed by atoms with Gasteiger partial charge in [0, 0.05) is 6.42 Å². The second-order valence-electron chi connectivity index (χ2n) is 6.35. The van der Waals surface area contributed by atoms with E-state index in [1.165, 1.54) is 6.07 Å². The molecule has 150 valence electrons. The van der Waals surface area contributed by atoms with E-state index in [1.807, 2.05) is 6.92 Å². The Balaban J connectivity index is 0.00000312. The Morgan fingerprint density at radius 3 is 2.50 bits per heavy atom. The monoisotopic (exact) mass is 415 g/mol. The van der Waals surface area contributed by atoms with Crippen LogP contribution < -0.4 is 16.0 Å². The molecule has 4 nitrogen and oxygen atoms in total. The molecule has 2 atom stereocenters. The van der Waals surface area contributed by atoms with Gasteiger partial charge in [0.1, 0.15) is 6.54 Å². The van der Waals surface area contributed by atoms with Gasteiger partial charge in [-0.15, -0.1) is 24.8 Å². The largest absolute Gasteiger partial charge is 0.405 e. The molecule has 2 unspecified atom stereocenters. The molecular weight excluding hydrogens is 390 g/mol. The average Bonchev–Trinajstić information content (AvgIpc) is 2.54. The number of piperidine rings is 1. The van der Waals surface area contributed by atoms with Crippen molar-refractivity contribution in [3.63, 3.8) is 0 Å². The smallest absolute Gasteiger partial charge is 0.375 e. The van der Waals surface area contributed by atoms with Gasteiger partial charge in [-0.25, -0.2) is 0 Å². The number of rotatable bonds is 6. The highest BCUT2D eigenvalue weighted by Crippen LogP contribution is 2.26. The number of halogens is 5. The van der Waals surface area contributed by atoms with Crippen LogP contribution in [0.2, 0.25) is 0 Å². The third kappa shape index (κ3) is 8.47. The summed E-state index contributed by atoms with van der Waals surface area (Å²) in [5.41, 5.74) is 0.649. The van der Waals surface area contributed by atoms with Crippen molar-refractivity contribution in [1.82, 2.24) is 5.32 Å². The van der Waals surface area contributed by atoms with Crippen LogP contribution in [-0.4, -0.2) is 31.7 Å². The van der Waals surface area contributed by atoms with Gasteiger partial charge in [-0.1, -0.05) is 19.1 Å². The third-order valence-corrected chi connectivity index (χ3v) is 4.33. The lowest BCUT2D eigenvalue weighted by atomic mass is 9.85. The lowest BCUT2D eigenvalue weighted by molar-refractivity contribution is -0.117. The van der Waals surface area contributed by atoms with Gasteiger partial charge in [-0.05, 0) is 49.9 Å². The average molecular weight is 416 g/mol. The van der Waals surface area contributed by atoms with E-state index < -0.39 is 12.7 Å². The molecule has 1 saturated heterocycles. The summed E-state index contributed by atoms with van der Waals surface area (Å²) >= 11 is 0. The van der Waals surface area contributed by atoms with Crippen molar-refractivity contribution in [3.8, 4) is 0 Å². The summed E-state index contributed by atoms with van der Waals surface area (Å²) in [4.78, 5) is 12.2. The standard InChI is InChI=1S/C17H24F3N3O.2ClH/c1-12(13-5-4-8-21-10-13)9-16(24)23-15-7-3-2-6-14(15)22-11-17(18,19)20;;/h2-3,6-7,12-13,21-22H,4-5,8-11H2,1H3,(H,23,24);2*1H. The molecule has 0 spiro atoms. The van der Waals surface area contributed by atoms with E-state index in [0.717, 1.165) is 25.9 Å². The van der Waals surface area contributed by atoms with Gasteiger partial charge in [-0.2, -0.15) is 13.2 Å². The molecule has 0 radical (unpaired) electrons. The van der Waals surface area contributed by atoms with E-state index >= 15 is 0 Å². The Morgan fingerprint density at radius 2 is 1.92 bits per heavy atom. The molecule has 0 aromatic heterocycles. The topological polar surface area (TPSA) is 53.2 Å². The summed E-state index contributed by atoms with van der Waals surface area (Å²) in [5.74, 6) is 0.519. The van der Waals surface area contributed by atoms with E-state index in [0.29, 0.717) is 18.0 Å².